The zero-order valence-corrected chi connectivity index (χ0v) is 13.3. The number of ether oxygens (including phenoxy) is 4. The molecule has 2 saturated heterocycles. The normalized spacial score (nSPS) is 31.3. The Hall–Kier alpha value is -2.30. The maximum atomic E-state index is 11.7. The van der Waals surface area contributed by atoms with Crippen molar-refractivity contribution in [1.29, 1.82) is 0 Å². The van der Waals surface area contributed by atoms with Crippen molar-refractivity contribution in [1.82, 2.24) is 0 Å². The molecule has 2 N–H and O–H groups in total. The fraction of sp³-hybridized carbons (Fsp3) is 0.556. The average molecular weight is 404 g/mol. The molecule has 2 aliphatic rings. The van der Waals surface area contributed by atoms with E-state index in [1.54, 1.807) is 0 Å². The van der Waals surface area contributed by atoms with E-state index in [2.05, 4.69) is 18.9 Å². The van der Waals surface area contributed by atoms with E-state index in [0.717, 1.165) is 0 Å². The molecular weight excluding hydrogens is 396 g/mol. The second-order valence-electron chi connectivity index (χ2n) is 4.71. The van der Waals surface area contributed by atoms with Crippen molar-refractivity contribution in [2.24, 2.45) is 0 Å². The van der Waals surface area contributed by atoms with Crippen LogP contribution in [0.25, 0.3) is 0 Å². The first-order valence-corrected chi connectivity index (χ1v) is 9.06. The van der Waals surface area contributed by atoms with Gasteiger partial charge in [0, 0.05) is 0 Å². The van der Waals surface area contributed by atoms with E-state index in [9.17, 15) is 36.0 Å². The lowest BCUT2D eigenvalue weighted by Gasteiger charge is -2.25. The van der Waals surface area contributed by atoms with E-state index in [1.807, 2.05) is 0 Å². The molecule has 0 radical (unpaired) electrons. The Morgan fingerprint density at radius 1 is 0.720 bits per heavy atom. The zero-order valence-electron chi connectivity index (χ0n) is 11.7. The largest absolute Gasteiger partial charge is 0.619 e. The number of hydrogen-bond acceptors (Lipinski definition) is 12. The summed E-state index contributed by atoms with van der Waals surface area (Å²) < 4.78 is 79.1. The van der Waals surface area contributed by atoms with Gasteiger partial charge < -0.3 is 18.9 Å². The van der Waals surface area contributed by atoms with Gasteiger partial charge in [0.1, 0.15) is 0 Å². The lowest BCUT2D eigenvalue weighted by molar-refractivity contribution is -0.426. The molecule has 1 spiro atoms. The quantitative estimate of drug-likeness (QED) is 0.349. The predicted octanol–water partition coefficient (Wildman–Crippen LogP) is -2.91. The van der Waals surface area contributed by atoms with E-state index in [1.165, 1.54) is 0 Å². The highest BCUT2D eigenvalue weighted by atomic mass is 32.2. The molecule has 2 aliphatic heterocycles. The topological polar surface area (TPSA) is 214 Å². The molecule has 0 bridgehead atoms. The molecular formula is C9H8O14S2. The first kappa shape index (κ1) is 19.0. The van der Waals surface area contributed by atoms with Crippen LogP contribution in [-0.2, 0) is 58.4 Å². The first-order valence-electron chi connectivity index (χ1n) is 6.05. The second kappa shape index (κ2) is 5.90. The maximum absolute atomic E-state index is 11.7. The molecule has 25 heavy (non-hydrogen) atoms. The van der Waals surface area contributed by atoms with Gasteiger partial charge in [0.2, 0.25) is 0 Å². The Labute approximate surface area is 138 Å². The minimum atomic E-state index is -5.15. The molecule has 2 heterocycles. The third kappa shape index (κ3) is 4.03. The van der Waals surface area contributed by atoms with Crippen LogP contribution in [0.4, 0.5) is 0 Å². The number of hydrogen-bond donors (Lipinski definition) is 2. The van der Waals surface area contributed by atoms with Crippen LogP contribution >= 0.6 is 0 Å². The van der Waals surface area contributed by atoms with Gasteiger partial charge in [-0.2, -0.15) is 16.8 Å². The summed E-state index contributed by atoms with van der Waals surface area (Å²) in [6, 6.07) is 0. The van der Waals surface area contributed by atoms with E-state index in [0.29, 0.717) is 0 Å². The predicted molar refractivity (Wildman–Crippen MR) is 67.0 cm³/mol. The summed E-state index contributed by atoms with van der Waals surface area (Å²) in [6.07, 6.45) is -6.10. The molecule has 0 saturated carbocycles. The van der Waals surface area contributed by atoms with Gasteiger partial charge in [-0.3, -0.25) is 28.3 Å². The van der Waals surface area contributed by atoms with Gasteiger partial charge in [-0.25, -0.2) is 0 Å². The summed E-state index contributed by atoms with van der Waals surface area (Å²) >= 11 is 0. The minimum Gasteiger partial charge on any atom is -0.352 e. The van der Waals surface area contributed by atoms with Crippen LogP contribution in [0, 0.1) is 0 Å². The molecule has 140 valence electrons. The summed E-state index contributed by atoms with van der Waals surface area (Å²) in [7, 11) is -10.3. The summed E-state index contributed by atoms with van der Waals surface area (Å²) in [5.74, 6) is -7.00. The Morgan fingerprint density at radius 3 is 1.32 bits per heavy atom. The van der Waals surface area contributed by atoms with Gasteiger partial charge in [0.25, 0.3) is 20.2 Å². The van der Waals surface area contributed by atoms with Crippen LogP contribution in [0.5, 0.6) is 0 Å². The van der Waals surface area contributed by atoms with Gasteiger partial charge in [-0.1, -0.05) is 0 Å². The van der Waals surface area contributed by atoms with Crippen LogP contribution in [-0.4, -0.2) is 66.5 Å². The van der Waals surface area contributed by atoms with Crippen molar-refractivity contribution in [3.8, 4) is 0 Å². The molecule has 2 unspecified atom stereocenters. The Bertz CT molecular complexity index is 779. The summed E-state index contributed by atoms with van der Waals surface area (Å²) in [5.41, 5.74) is 0. The molecule has 0 aromatic carbocycles. The Balaban J connectivity index is 2.43. The summed E-state index contributed by atoms with van der Waals surface area (Å²) in [6.45, 7) is 0. The monoisotopic (exact) mass is 404 g/mol. The smallest absolute Gasteiger partial charge is 0.352 e. The zero-order chi connectivity index (χ0) is 19.2. The highest BCUT2D eigenvalue weighted by Crippen LogP contribution is 2.30. The van der Waals surface area contributed by atoms with Crippen LogP contribution in [0.1, 0.15) is 12.8 Å². The third-order valence-electron chi connectivity index (χ3n) is 2.88. The molecule has 0 amide bonds. The van der Waals surface area contributed by atoms with Gasteiger partial charge in [-0.15, -0.1) is 0 Å². The molecule has 2 rings (SSSR count). The highest BCUT2D eigenvalue weighted by Gasteiger charge is 2.59. The van der Waals surface area contributed by atoms with Crippen molar-refractivity contribution in [3.63, 3.8) is 0 Å². The van der Waals surface area contributed by atoms with Gasteiger partial charge >= 0.3 is 30.0 Å². The van der Waals surface area contributed by atoms with Crippen LogP contribution in [0.2, 0.25) is 0 Å². The fourth-order valence-corrected chi connectivity index (χ4v) is 3.06. The van der Waals surface area contributed by atoms with Gasteiger partial charge in [-0.05, 0) is 0 Å². The molecule has 2 atom stereocenters. The van der Waals surface area contributed by atoms with Crippen molar-refractivity contribution in [2.75, 3.05) is 0 Å². The van der Waals surface area contributed by atoms with E-state index >= 15 is 0 Å². The third-order valence-corrected chi connectivity index (χ3v) is 5.03. The van der Waals surface area contributed by atoms with E-state index in [4.69, 9.17) is 9.11 Å². The lowest BCUT2D eigenvalue weighted by Crippen LogP contribution is -2.47. The van der Waals surface area contributed by atoms with Crippen molar-refractivity contribution in [3.05, 3.63) is 0 Å². The summed E-state index contributed by atoms with van der Waals surface area (Å²) in [4.78, 5) is 46.6. The molecule has 14 nitrogen and oxygen atoms in total. The first-order chi connectivity index (χ1) is 11.2. The number of esters is 4. The van der Waals surface area contributed by atoms with Crippen LogP contribution < -0.4 is 0 Å². The van der Waals surface area contributed by atoms with E-state index < -0.39 is 73.6 Å². The molecule has 0 aromatic rings. The molecule has 2 fully saturated rings. The van der Waals surface area contributed by atoms with Crippen molar-refractivity contribution in [2.45, 2.75) is 29.5 Å². The fourth-order valence-electron chi connectivity index (χ4n) is 1.79. The minimum absolute atomic E-state index is 1.28. The van der Waals surface area contributed by atoms with Crippen LogP contribution in [0.3, 0.4) is 0 Å². The lowest BCUT2D eigenvalue weighted by atomic mass is 10.3. The number of carbonyl (C=O) groups excluding carboxylic acids is 4. The Kier molecular flexibility index (Phi) is 4.49. The van der Waals surface area contributed by atoms with Crippen LogP contribution in [0.15, 0.2) is 0 Å². The van der Waals surface area contributed by atoms with Gasteiger partial charge in [0.15, 0.2) is 10.5 Å². The summed E-state index contributed by atoms with van der Waals surface area (Å²) in [5, 5.41) is -4.95. The number of carbonyl (C=O) groups is 4. The van der Waals surface area contributed by atoms with Crippen molar-refractivity contribution < 1.29 is 64.1 Å². The Morgan fingerprint density at radius 2 is 1.04 bits per heavy atom. The maximum Gasteiger partial charge on any atom is 0.619 e. The van der Waals surface area contributed by atoms with Crippen molar-refractivity contribution >= 4 is 44.1 Å². The molecule has 0 aliphatic carbocycles. The average Bonchev–Trinajstić information content (AvgIpc) is 2.57. The standard InChI is InChI=1S/C9H8O14S2/c10-5-1-3(24(14,15)16)7(12)22-9(20-5)21-6(11)2-4(8(13)23-9)25(17,18)19/h3-4H,1-2H2,(H,14,15,16)(H,17,18,19). The highest BCUT2D eigenvalue weighted by molar-refractivity contribution is 7.87. The number of rotatable bonds is 2. The van der Waals surface area contributed by atoms with E-state index in [-0.39, 0.29) is 0 Å². The molecule has 0 aromatic heterocycles. The SMILES string of the molecule is O=C1CC(S(=O)(=O)O)C(=O)OC2(O1)OC(=O)CC(S(=O)(=O)O)C(=O)O2. The van der Waals surface area contributed by atoms with Gasteiger partial charge in [0.05, 0.1) is 12.8 Å². The second-order valence-corrected chi connectivity index (χ2v) is 7.90. The molecule has 16 heteroatoms.